The molecule has 1 aromatic rings. The van der Waals surface area contributed by atoms with E-state index in [9.17, 15) is 4.79 Å². The summed E-state index contributed by atoms with van der Waals surface area (Å²) in [6.45, 7) is 1.45. The summed E-state index contributed by atoms with van der Waals surface area (Å²) in [6.07, 6.45) is 1.58. The number of ether oxygens (including phenoxy) is 1. The molecule has 0 radical (unpaired) electrons. The van der Waals surface area contributed by atoms with Gasteiger partial charge >= 0.3 is 0 Å². The summed E-state index contributed by atoms with van der Waals surface area (Å²) >= 11 is 0. The lowest BCUT2D eigenvalue weighted by atomic mass is 10.3. The average Bonchev–Trinajstić information content (AvgIpc) is 2.75. The molecule has 0 aromatic carbocycles. The van der Waals surface area contributed by atoms with Crippen LogP contribution in [0.5, 0.6) is 0 Å². The van der Waals surface area contributed by atoms with Gasteiger partial charge in [-0.2, -0.15) is 0 Å². The van der Waals surface area contributed by atoms with Gasteiger partial charge in [-0.15, -0.1) is 0 Å². The predicted octanol–water partition coefficient (Wildman–Crippen LogP) is 0.213. The number of methoxy groups -OCH3 is 1. The Hall–Kier alpha value is -1.33. The van der Waals surface area contributed by atoms with E-state index in [1.54, 1.807) is 24.3 Å². The van der Waals surface area contributed by atoms with Gasteiger partial charge in [-0.25, -0.2) is 0 Å². The largest absolute Gasteiger partial charge is 0.467 e. The molecule has 0 fully saturated rings. The normalized spacial score (nSPS) is 10.3. The van der Waals surface area contributed by atoms with Crippen LogP contribution in [0.15, 0.2) is 22.8 Å². The van der Waals surface area contributed by atoms with E-state index in [0.29, 0.717) is 19.7 Å². The van der Waals surface area contributed by atoms with Crippen LogP contribution in [0.2, 0.25) is 0 Å². The van der Waals surface area contributed by atoms with Crippen LogP contribution in [-0.4, -0.2) is 37.6 Å². The zero-order valence-electron chi connectivity index (χ0n) is 8.81. The maximum absolute atomic E-state index is 11.4. The van der Waals surface area contributed by atoms with E-state index >= 15 is 0 Å². The quantitative estimate of drug-likeness (QED) is 0.732. The molecule has 0 saturated heterocycles. The first-order valence-electron chi connectivity index (χ1n) is 4.77. The van der Waals surface area contributed by atoms with E-state index in [2.05, 4.69) is 0 Å². The van der Waals surface area contributed by atoms with Crippen LogP contribution in [-0.2, 0) is 16.1 Å². The third kappa shape index (κ3) is 3.73. The van der Waals surface area contributed by atoms with E-state index in [-0.39, 0.29) is 12.5 Å². The Bertz CT molecular complexity index is 285. The second-order valence-corrected chi connectivity index (χ2v) is 3.09. The van der Waals surface area contributed by atoms with Crippen molar-refractivity contribution in [2.75, 3.05) is 26.8 Å². The van der Waals surface area contributed by atoms with Crippen LogP contribution in [0.25, 0.3) is 0 Å². The Labute approximate surface area is 88.8 Å². The molecule has 0 aliphatic heterocycles. The molecular weight excluding hydrogens is 196 g/mol. The summed E-state index contributed by atoms with van der Waals surface area (Å²) in [5.41, 5.74) is 5.31. The van der Waals surface area contributed by atoms with Gasteiger partial charge in [0.05, 0.1) is 26.0 Å². The van der Waals surface area contributed by atoms with E-state index < -0.39 is 0 Å². The number of nitrogens with zero attached hydrogens (tertiary/aromatic N) is 1. The Morgan fingerprint density at radius 2 is 2.47 bits per heavy atom. The summed E-state index contributed by atoms with van der Waals surface area (Å²) in [6, 6.07) is 3.61. The molecular formula is C10H16N2O3. The van der Waals surface area contributed by atoms with Gasteiger partial charge in [0.2, 0.25) is 5.91 Å². The average molecular weight is 212 g/mol. The molecule has 1 amide bonds. The highest BCUT2D eigenvalue weighted by molar-refractivity contribution is 5.77. The van der Waals surface area contributed by atoms with Gasteiger partial charge in [-0.05, 0) is 12.1 Å². The SMILES string of the molecule is COCCN(Cc1ccco1)C(=O)CN. The van der Waals surface area contributed by atoms with Crippen LogP contribution >= 0.6 is 0 Å². The third-order valence-corrected chi connectivity index (χ3v) is 2.02. The monoisotopic (exact) mass is 212 g/mol. The minimum atomic E-state index is -0.108. The second kappa shape index (κ2) is 6.21. The molecule has 5 heteroatoms. The minimum Gasteiger partial charge on any atom is -0.467 e. The van der Waals surface area contributed by atoms with E-state index in [1.807, 2.05) is 6.07 Å². The van der Waals surface area contributed by atoms with Gasteiger partial charge in [0.15, 0.2) is 0 Å². The van der Waals surface area contributed by atoms with Gasteiger partial charge < -0.3 is 19.8 Å². The zero-order chi connectivity index (χ0) is 11.1. The van der Waals surface area contributed by atoms with Crippen molar-refractivity contribution in [3.63, 3.8) is 0 Å². The fourth-order valence-corrected chi connectivity index (χ4v) is 1.21. The van der Waals surface area contributed by atoms with Crippen molar-refractivity contribution in [1.82, 2.24) is 4.90 Å². The summed E-state index contributed by atoms with van der Waals surface area (Å²) in [5, 5.41) is 0. The first-order chi connectivity index (χ1) is 7.27. The number of furan rings is 1. The van der Waals surface area contributed by atoms with Gasteiger partial charge in [0, 0.05) is 13.7 Å². The lowest BCUT2D eigenvalue weighted by Gasteiger charge is -2.20. The first kappa shape index (κ1) is 11.7. The number of carbonyl (C=O) groups is 1. The third-order valence-electron chi connectivity index (χ3n) is 2.02. The van der Waals surface area contributed by atoms with Crippen molar-refractivity contribution in [1.29, 1.82) is 0 Å². The Morgan fingerprint density at radius 1 is 1.67 bits per heavy atom. The molecule has 0 atom stereocenters. The van der Waals surface area contributed by atoms with Crippen molar-refractivity contribution in [2.45, 2.75) is 6.54 Å². The van der Waals surface area contributed by atoms with Crippen LogP contribution in [0.3, 0.4) is 0 Å². The zero-order valence-corrected chi connectivity index (χ0v) is 8.81. The number of hydrogen-bond donors (Lipinski definition) is 1. The van der Waals surface area contributed by atoms with E-state index in [0.717, 1.165) is 5.76 Å². The highest BCUT2D eigenvalue weighted by Crippen LogP contribution is 2.05. The molecule has 0 bridgehead atoms. The van der Waals surface area contributed by atoms with Crippen molar-refractivity contribution in [3.05, 3.63) is 24.2 Å². The number of rotatable bonds is 6. The van der Waals surface area contributed by atoms with Crippen molar-refractivity contribution in [2.24, 2.45) is 5.73 Å². The lowest BCUT2D eigenvalue weighted by Crippen LogP contribution is -2.37. The Morgan fingerprint density at radius 3 is 3.00 bits per heavy atom. The van der Waals surface area contributed by atoms with Crippen molar-refractivity contribution in [3.8, 4) is 0 Å². The molecule has 0 spiro atoms. The van der Waals surface area contributed by atoms with Gasteiger partial charge in [0.1, 0.15) is 5.76 Å². The number of amides is 1. The molecule has 1 rings (SSSR count). The predicted molar refractivity (Wildman–Crippen MR) is 55.1 cm³/mol. The molecule has 1 aromatic heterocycles. The molecule has 1 heterocycles. The molecule has 0 saturated carbocycles. The fraction of sp³-hybridized carbons (Fsp3) is 0.500. The first-order valence-corrected chi connectivity index (χ1v) is 4.77. The van der Waals surface area contributed by atoms with Crippen LogP contribution in [0.1, 0.15) is 5.76 Å². The highest BCUT2D eigenvalue weighted by atomic mass is 16.5. The molecule has 0 aliphatic rings. The molecule has 5 nitrogen and oxygen atoms in total. The summed E-state index contributed by atoms with van der Waals surface area (Å²) in [4.78, 5) is 13.1. The van der Waals surface area contributed by atoms with Crippen LogP contribution < -0.4 is 5.73 Å². The smallest absolute Gasteiger partial charge is 0.236 e. The summed E-state index contributed by atoms with van der Waals surface area (Å²) in [7, 11) is 1.60. The topological polar surface area (TPSA) is 68.7 Å². The molecule has 0 aliphatic carbocycles. The Kier molecular flexibility index (Phi) is 4.86. The van der Waals surface area contributed by atoms with Gasteiger partial charge in [-0.3, -0.25) is 4.79 Å². The Balaban J connectivity index is 2.52. The van der Waals surface area contributed by atoms with Gasteiger partial charge in [0.25, 0.3) is 0 Å². The molecule has 15 heavy (non-hydrogen) atoms. The molecule has 0 unspecified atom stereocenters. The lowest BCUT2D eigenvalue weighted by molar-refractivity contribution is -0.131. The highest BCUT2D eigenvalue weighted by Gasteiger charge is 2.12. The van der Waals surface area contributed by atoms with E-state index in [4.69, 9.17) is 14.9 Å². The maximum atomic E-state index is 11.4. The molecule has 84 valence electrons. The number of nitrogens with two attached hydrogens (primary N) is 1. The standard InChI is InChI=1S/C10H16N2O3/c1-14-6-4-12(10(13)7-11)8-9-3-2-5-15-9/h2-3,5H,4,6-8,11H2,1H3. The molecule has 2 N–H and O–H groups in total. The van der Waals surface area contributed by atoms with Crippen molar-refractivity contribution >= 4 is 5.91 Å². The number of hydrogen-bond acceptors (Lipinski definition) is 4. The fourth-order valence-electron chi connectivity index (χ4n) is 1.21. The van der Waals surface area contributed by atoms with Gasteiger partial charge in [-0.1, -0.05) is 0 Å². The van der Waals surface area contributed by atoms with E-state index in [1.165, 1.54) is 0 Å². The second-order valence-electron chi connectivity index (χ2n) is 3.09. The maximum Gasteiger partial charge on any atom is 0.236 e. The summed E-state index contributed by atoms with van der Waals surface area (Å²) in [5.74, 6) is 0.636. The van der Waals surface area contributed by atoms with Crippen molar-refractivity contribution < 1.29 is 13.9 Å². The minimum absolute atomic E-state index is 0.00439. The van der Waals surface area contributed by atoms with Crippen LogP contribution in [0.4, 0.5) is 0 Å². The van der Waals surface area contributed by atoms with Crippen LogP contribution in [0, 0.1) is 0 Å². The number of carbonyl (C=O) groups excluding carboxylic acids is 1. The summed E-state index contributed by atoms with van der Waals surface area (Å²) < 4.78 is 10.1.